The number of nitrogens with two attached hydrogens (primary N) is 1. The van der Waals surface area contributed by atoms with Crippen LogP contribution in [0.4, 0.5) is 5.82 Å². The number of nitrogens with one attached hydrogen (secondary N) is 1. The molecule has 0 bridgehead atoms. The molecule has 7 nitrogen and oxygen atoms in total. The molecule has 1 aromatic carbocycles. The quantitative estimate of drug-likeness (QED) is 0.588. The van der Waals surface area contributed by atoms with E-state index in [1.165, 1.54) is 17.5 Å². The van der Waals surface area contributed by atoms with E-state index < -0.39 is 0 Å². The second-order valence-electron chi connectivity index (χ2n) is 6.40. The first-order chi connectivity index (χ1) is 12.3. The molecular weight excluding hydrogens is 314 g/mol. The zero-order chi connectivity index (χ0) is 16.8. The lowest BCUT2D eigenvalue weighted by atomic mass is 9.88. The van der Waals surface area contributed by atoms with Gasteiger partial charge >= 0.3 is 0 Å². The number of fused-ring (bicyclic) bond motifs is 2. The predicted octanol–water partition coefficient (Wildman–Crippen LogP) is 2.53. The number of hydrogen-bond donors (Lipinski definition) is 2. The molecule has 4 aromatic rings. The van der Waals surface area contributed by atoms with E-state index >= 15 is 0 Å². The van der Waals surface area contributed by atoms with Crippen molar-refractivity contribution < 1.29 is 0 Å². The molecule has 5 rings (SSSR count). The van der Waals surface area contributed by atoms with E-state index in [1.807, 2.05) is 10.9 Å². The molecule has 1 atom stereocenters. The van der Waals surface area contributed by atoms with Gasteiger partial charge in [0, 0.05) is 11.8 Å². The maximum atomic E-state index is 6.15. The van der Waals surface area contributed by atoms with Crippen molar-refractivity contribution in [3.05, 3.63) is 54.1 Å². The first-order valence-corrected chi connectivity index (χ1v) is 8.36. The summed E-state index contributed by atoms with van der Waals surface area (Å²) in [6, 6.07) is 8.87. The normalized spacial score (nSPS) is 16.9. The van der Waals surface area contributed by atoms with Crippen LogP contribution in [-0.2, 0) is 12.8 Å². The number of nitrogens with zero attached hydrogens (tertiary/aromatic N) is 5. The van der Waals surface area contributed by atoms with Gasteiger partial charge in [-0.3, -0.25) is 5.10 Å². The van der Waals surface area contributed by atoms with E-state index in [0.717, 1.165) is 41.6 Å². The number of H-pyrrole nitrogens is 1. The first kappa shape index (κ1) is 14.2. The van der Waals surface area contributed by atoms with Gasteiger partial charge in [-0.1, -0.05) is 24.3 Å². The van der Waals surface area contributed by atoms with Crippen LogP contribution in [0.25, 0.3) is 22.3 Å². The van der Waals surface area contributed by atoms with Gasteiger partial charge in [-0.15, -0.1) is 0 Å². The number of anilines is 1. The molecule has 7 heteroatoms. The molecule has 0 amide bonds. The van der Waals surface area contributed by atoms with Crippen LogP contribution in [0, 0.1) is 0 Å². The summed E-state index contributed by atoms with van der Waals surface area (Å²) in [5.41, 5.74) is 11.4. The Kier molecular flexibility index (Phi) is 3.06. The number of aromatic amines is 1. The number of aryl methyl sites for hydroxylation is 1. The molecule has 1 unspecified atom stereocenters. The van der Waals surface area contributed by atoms with Crippen LogP contribution in [0.15, 0.2) is 43.0 Å². The summed E-state index contributed by atoms with van der Waals surface area (Å²) in [6.07, 6.45) is 8.09. The summed E-state index contributed by atoms with van der Waals surface area (Å²) in [5, 5.41) is 12.5. The van der Waals surface area contributed by atoms with Crippen LogP contribution in [-0.4, -0.2) is 29.9 Å². The van der Waals surface area contributed by atoms with Crippen molar-refractivity contribution in [3.8, 4) is 11.3 Å². The van der Waals surface area contributed by atoms with Crippen molar-refractivity contribution in [2.45, 2.75) is 25.3 Å². The van der Waals surface area contributed by atoms with E-state index in [9.17, 15) is 0 Å². The molecule has 3 aromatic heterocycles. The van der Waals surface area contributed by atoms with Gasteiger partial charge in [0.15, 0.2) is 5.65 Å². The van der Waals surface area contributed by atoms with Crippen LogP contribution < -0.4 is 5.73 Å². The lowest BCUT2D eigenvalue weighted by Gasteiger charge is -2.25. The zero-order valence-corrected chi connectivity index (χ0v) is 13.6. The van der Waals surface area contributed by atoms with Crippen LogP contribution in [0.5, 0.6) is 0 Å². The third-order valence-electron chi connectivity index (χ3n) is 4.96. The van der Waals surface area contributed by atoms with Crippen LogP contribution in [0.3, 0.4) is 0 Å². The third-order valence-corrected chi connectivity index (χ3v) is 4.96. The predicted molar refractivity (Wildman–Crippen MR) is 94.8 cm³/mol. The van der Waals surface area contributed by atoms with Gasteiger partial charge in [0.1, 0.15) is 17.8 Å². The lowest BCUT2D eigenvalue weighted by molar-refractivity contribution is 0.415. The fourth-order valence-electron chi connectivity index (χ4n) is 3.72. The number of aromatic nitrogens is 6. The molecule has 3 N–H and O–H groups in total. The molecule has 124 valence electrons. The summed E-state index contributed by atoms with van der Waals surface area (Å²) in [4.78, 5) is 8.64. The molecule has 0 aliphatic heterocycles. The minimum absolute atomic E-state index is 0.257. The Morgan fingerprint density at radius 2 is 2.04 bits per heavy atom. The maximum Gasteiger partial charge on any atom is 0.164 e. The molecule has 3 heterocycles. The van der Waals surface area contributed by atoms with Crippen molar-refractivity contribution >= 4 is 16.9 Å². The Morgan fingerprint density at radius 3 is 2.88 bits per heavy atom. The Balaban J connectivity index is 1.67. The molecule has 1 aliphatic rings. The summed E-state index contributed by atoms with van der Waals surface area (Å²) >= 11 is 0. The summed E-state index contributed by atoms with van der Waals surface area (Å²) in [7, 11) is 0. The molecule has 0 radical (unpaired) electrons. The monoisotopic (exact) mass is 331 g/mol. The Morgan fingerprint density at radius 1 is 1.16 bits per heavy atom. The van der Waals surface area contributed by atoms with Gasteiger partial charge in [-0.2, -0.15) is 10.2 Å². The SMILES string of the molecule is Nc1ncnc2c1c(-c1cn[nH]c1)nn2C1CCc2ccccc2C1. The third kappa shape index (κ3) is 2.20. The van der Waals surface area contributed by atoms with Gasteiger partial charge in [-0.05, 0) is 30.4 Å². The topological polar surface area (TPSA) is 98.3 Å². The Hall–Kier alpha value is -3.22. The minimum Gasteiger partial charge on any atom is -0.383 e. The Labute approximate surface area is 143 Å². The average Bonchev–Trinajstić information content (AvgIpc) is 3.29. The first-order valence-electron chi connectivity index (χ1n) is 8.36. The van der Waals surface area contributed by atoms with E-state index in [4.69, 9.17) is 10.8 Å². The van der Waals surface area contributed by atoms with Crippen molar-refractivity contribution in [1.82, 2.24) is 29.9 Å². The van der Waals surface area contributed by atoms with Crippen molar-refractivity contribution in [2.24, 2.45) is 0 Å². The smallest absolute Gasteiger partial charge is 0.164 e. The number of nitrogen functional groups attached to an aromatic ring is 1. The number of benzene rings is 1. The highest BCUT2D eigenvalue weighted by Gasteiger charge is 2.25. The molecule has 0 spiro atoms. The average molecular weight is 331 g/mol. The fraction of sp³-hybridized carbons (Fsp3) is 0.222. The van der Waals surface area contributed by atoms with Crippen LogP contribution in [0.1, 0.15) is 23.6 Å². The van der Waals surface area contributed by atoms with Crippen LogP contribution in [0.2, 0.25) is 0 Å². The van der Waals surface area contributed by atoms with Gasteiger partial charge in [0.05, 0.1) is 17.6 Å². The van der Waals surface area contributed by atoms with Gasteiger partial charge in [-0.25, -0.2) is 14.6 Å². The summed E-state index contributed by atoms with van der Waals surface area (Å²) in [6.45, 7) is 0. The van der Waals surface area contributed by atoms with Crippen LogP contribution >= 0.6 is 0 Å². The number of hydrogen-bond acceptors (Lipinski definition) is 5. The molecule has 0 fully saturated rings. The second kappa shape index (κ2) is 5.41. The van der Waals surface area contributed by atoms with Gasteiger partial charge in [0.25, 0.3) is 0 Å². The molecule has 0 saturated heterocycles. The molecule has 25 heavy (non-hydrogen) atoms. The number of rotatable bonds is 2. The van der Waals surface area contributed by atoms with Gasteiger partial charge in [0.2, 0.25) is 0 Å². The largest absolute Gasteiger partial charge is 0.383 e. The standard InChI is InChI=1S/C18H17N7/c19-17-15-16(13-8-22-23-9-13)24-25(18(15)21-10-20-17)14-6-5-11-3-1-2-4-12(11)7-14/h1-4,8-10,14H,5-7H2,(H,22,23)(H2,19,20,21). The molecule has 1 aliphatic carbocycles. The maximum absolute atomic E-state index is 6.15. The van der Waals surface area contributed by atoms with E-state index in [-0.39, 0.29) is 6.04 Å². The summed E-state index contributed by atoms with van der Waals surface area (Å²) in [5.74, 6) is 0.448. The van der Waals surface area contributed by atoms with E-state index in [2.05, 4.69) is 44.4 Å². The second-order valence-corrected chi connectivity index (χ2v) is 6.40. The highest BCUT2D eigenvalue weighted by molar-refractivity contribution is 5.98. The van der Waals surface area contributed by atoms with E-state index in [0.29, 0.717) is 5.82 Å². The molecular formula is C18H17N7. The minimum atomic E-state index is 0.257. The summed E-state index contributed by atoms with van der Waals surface area (Å²) < 4.78 is 2.02. The highest BCUT2D eigenvalue weighted by Crippen LogP contribution is 2.35. The van der Waals surface area contributed by atoms with Crippen molar-refractivity contribution in [3.63, 3.8) is 0 Å². The van der Waals surface area contributed by atoms with Crippen molar-refractivity contribution in [1.29, 1.82) is 0 Å². The van der Waals surface area contributed by atoms with Gasteiger partial charge < -0.3 is 5.73 Å². The highest BCUT2D eigenvalue weighted by atomic mass is 15.3. The van der Waals surface area contributed by atoms with E-state index in [1.54, 1.807) is 6.20 Å². The zero-order valence-electron chi connectivity index (χ0n) is 13.6. The fourth-order valence-corrected chi connectivity index (χ4v) is 3.72. The van der Waals surface area contributed by atoms with Crippen molar-refractivity contribution in [2.75, 3.05) is 5.73 Å². The lowest BCUT2D eigenvalue weighted by Crippen LogP contribution is -2.20. The Bertz CT molecular complexity index is 1050. The molecule has 0 saturated carbocycles.